The second kappa shape index (κ2) is 10.3. The highest BCUT2D eigenvalue weighted by Gasteiger charge is 2.34. The van der Waals surface area contributed by atoms with E-state index in [1.54, 1.807) is 54.6 Å². The van der Waals surface area contributed by atoms with E-state index in [-0.39, 0.29) is 27.4 Å². The van der Waals surface area contributed by atoms with Crippen molar-refractivity contribution < 1.29 is 24.0 Å². The fraction of sp³-hybridized carbons (Fsp3) is 0.0435. The number of ether oxygens (including phenoxy) is 2. The first-order chi connectivity index (χ1) is 16.9. The van der Waals surface area contributed by atoms with E-state index in [1.807, 2.05) is 0 Å². The molecule has 2 heterocycles. The van der Waals surface area contributed by atoms with Gasteiger partial charge < -0.3 is 9.47 Å². The number of carbonyl (C=O) groups is 2. The standard InChI is InChI=1S/C23H16N4O6S2/c1-32-18-12-14(9-10-17(18)33-21-16(27(30)31)8-5-11-24-21)13-19-22(29)26(23(34)35-19)25-20(28)15-6-3-2-4-7-15/h2-13H,1H3,(H,25,28)/b19-13-. The molecule has 2 aromatic carbocycles. The Morgan fingerprint density at radius 2 is 1.94 bits per heavy atom. The molecule has 3 aromatic rings. The number of carbonyl (C=O) groups excluding carboxylic acids is 2. The number of methoxy groups -OCH3 is 1. The van der Waals surface area contributed by atoms with Crippen LogP contribution in [0.2, 0.25) is 0 Å². The smallest absolute Gasteiger partial charge is 0.331 e. The highest BCUT2D eigenvalue weighted by atomic mass is 32.2. The third-order valence-corrected chi connectivity index (χ3v) is 5.99. The highest BCUT2D eigenvalue weighted by Crippen LogP contribution is 2.37. The van der Waals surface area contributed by atoms with Gasteiger partial charge in [0.05, 0.1) is 16.9 Å². The van der Waals surface area contributed by atoms with Crippen LogP contribution < -0.4 is 14.9 Å². The quantitative estimate of drug-likeness (QED) is 0.215. The van der Waals surface area contributed by atoms with Gasteiger partial charge in [0.1, 0.15) is 0 Å². The van der Waals surface area contributed by atoms with Crippen LogP contribution in [0.3, 0.4) is 0 Å². The lowest BCUT2D eigenvalue weighted by atomic mass is 10.2. The number of benzene rings is 2. The van der Waals surface area contributed by atoms with Gasteiger partial charge in [-0.1, -0.05) is 36.0 Å². The SMILES string of the molecule is COc1cc(/C=C2\SC(=S)N(NC(=O)c3ccccc3)C2=O)ccc1Oc1ncccc1[N+](=O)[O-]. The Kier molecular flexibility index (Phi) is 7.03. The lowest BCUT2D eigenvalue weighted by molar-refractivity contribution is -0.386. The summed E-state index contributed by atoms with van der Waals surface area (Å²) in [6.07, 6.45) is 2.96. The normalized spacial score (nSPS) is 14.2. The van der Waals surface area contributed by atoms with Crippen LogP contribution in [0, 0.1) is 10.1 Å². The van der Waals surface area contributed by atoms with Gasteiger partial charge in [-0.15, -0.1) is 0 Å². The average Bonchev–Trinajstić information content (AvgIpc) is 3.12. The summed E-state index contributed by atoms with van der Waals surface area (Å²) in [6.45, 7) is 0. The molecule has 0 saturated carbocycles. The number of aromatic nitrogens is 1. The number of nitrogens with one attached hydrogen (secondary N) is 1. The largest absolute Gasteiger partial charge is 0.493 e. The number of nitro groups is 1. The lowest BCUT2D eigenvalue weighted by Crippen LogP contribution is -2.44. The molecule has 1 aliphatic heterocycles. The molecular formula is C23H16N4O6S2. The number of nitrogens with zero attached hydrogens (tertiary/aromatic N) is 3. The molecule has 0 aliphatic carbocycles. The first kappa shape index (κ1) is 23.9. The predicted molar refractivity (Wildman–Crippen MR) is 133 cm³/mol. The zero-order valence-electron chi connectivity index (χ0n) is 18.0. The number of pyridine rings is 1. The van der Waals surface area contributed by atoms with Gasteiger partial charge in [-0.25, -0.2) is 4.98 Å². The van der Waals surface area contributed by atoms with E-state index in [9.17, 15) is 19.7 Å². The van der Waals surface area contributed by atoms with Gasteiger partial charge in [0.25, 0.3) is 17.7 Å². The second-order valence-electron chi connectivity index (χ2n) is 6.92. The summed E-state index contributed by atoms with van der Waals surface area (Å²) in [6, 6.07) is 15.9. The summed E-state index contributed by atoms with van der Waals surface area (Å²) in [4.78, 5) is 40.1. The van der Waals surface area contributed by atoms with Gasteiger partial charge in [0.2, 0.25) is 0 Å². The van der Waals surface area contributed by atoms with Gasteiger partial charge in [-0.05, 0) is 54.2 Å². The Morgan fingerprint density at radius 1 is 1.17 bits per heavy atom. The maximum absolute atomic E-state index is 12.9. The molecule has 2 amide bonds. The van der Waals surface area contributed by atoms with E-state index in [1.165, 1.54) is 25.4 Å². The molecule has 35 heavy (non-hydrogen) atoms. The summed E-state index contributed by atoms with van der Waals surface area (Å²) in [5, 5.41) is 12.2. The molecule has 1 fully saturated rings. The van der Waals surface area contributed by atoms with Crippen molar-refractivity contribution in [3.8, 4) is 17.4 Å². The van der Waals surface area contributed by atoms with Gasteiger partial charge in [-0.2, -0.15) is 5.01 Å². The minimum atomic E-state index is -0.595. The summed E-state index contributed by atoms with van der Waals surface area (Å²) >= 11 is 6.30. The maximum atomic E-state index is 12.9. The van der Waals surface area contributed by atoms with Crippen LogP contribution in [0.15, 0.2) is 71.8 Å². The van der Waals surface area contributed by atoms with E-state index in [2.05, 4.69) is 10.4 Å². The molecule has 1 aromatic heterocycles. The van der Waals surface area contributed by atoms with Gasteiger partial charge >= 0.3 is 5.69 Å². The van der Waals surface area contributed by atoms with Crippen LogP contribution in [-0.4, -0.2) is 38.2 Å². The van der Waals surface area contributed by atoms with E-state index in [0.717, 1.165) is 16.8 Å². The van der Waals surface area contributed by atoms with Gasteiger partial charge in [0, 0.05) is 17.8 Å². The Balaban J connectivity index is 1.54. The van der Waals surface area contributed by atoms with Crippen LogP contribution in [0.5, 0.6) is 17.4 Å². The summed E-state index contributed by atoms with van der Waals surface area (Å²) in [5.74, 6) is -0.651. The van der Waals surface area contributed by atoms with Crippen LogP contribution in [0.1, 0.15) is 15.9 Å². The summed E-state index contributed by atoms with van der Waals surface area (Å²) in [7, 11) is 1.41. The average molecular weight is 509 g/mol. The lowest BCUT2D eigenvalue weighted by Gasteiger charge is -2.15. The minimum absolute atomic E-state index is 0.180. The number of hydrogen-bond donors (Lipinski definition) is 1. The zero-order chi connectivity index (χ0) is 24.9. The van der Waals surface area contributed by atoms with Crippen molar-refractivity contribution in [3.63, 3.8) is 0 Å². The minimum Gasteiger partial charge on any atom is -0.493 e. The molecule has 12 heteroatoms. The summed E-state index contributed by atoms with van der Waals surface area (Å²) in [5.41, 5.74) is 3.20. The highest BCUT2D eigenvalue weighted by molar-refractivity contribution is 8.26. The van der Waals surface area contributed by atoms with E-state index < -0.39 is 16.7 Å². The van der Waals surface area contributed by atoms with Crippen molar-refractivity contribution in [2.24, 2.45) is 0 Å². The third kappa shape index (κ3) is 5.28. The number of amides is 2. The van der Waals surface area contributed by atoms with Crippen LogP contribution in [0.4, 0.5) is 5.69 Å². The molecule has 0 radical (unpaired) electrons. The monoisotopic (exact) mass is 508 g/mol. The maximum Gasteiger partial charge on any atom is 0.331 e. The van der Waals surface area contributed by atoms with Crippen molar-refractivity contribution in [1.82, 2.24) is 15.4 Å². The van der Waals surface area contributed by atoms with Crippen LogP contribution in [0.25, 0.3) is 6.08 Å². The molecule has 10 nitrogen and oxygen atoms in total. The predicted octanol–water partition coefficient (Wildman–Crippen LogP) is 4.34. The van der Waals surface area contributed by atoms with Crippen LogP contribution in [-0.2, 0) is 4.79 Å². The molecule has 0 bridgehead atoms. The molecule has 0 spiro atoms. The van der Waals surface area contributed by atoms with Crippen molar-refractivity contribution in [2.45, 2.75) is 0 Å². The molecule has 176 valence electrons. The molecule has 0 unspecified atom stereocenters. The fourth-order valence-corrected chi connectivity index (χ4v) is 4.21. The van der Waals surface area contributed by atoms with E-state index >= 15 is 0 Å². The number of rotatable bonds is 7. The second-order valence-corrected chi connectivity index (χ2v) is 8.60. The molecular weight excluding hydrogens is 492 g/mol. The number of thiocarbonyl (C=S) groups is 1. The fourth-order valence-electron chi connectivity index (χ4n) is 3.03. The van der Waals surface area contributed by atoms with E-state index in [4.69, 9.17) is 21.7 Å². The van der Waals surface area contributed by atoms with Crippen molar-refractivity contribution in [3.05, 3.63) is 93.0 Å². The van der Waals surface area contributed by atoms with Crippen LogP contribution >= 0.6 is 24.0 Å². The van der Waals surface area contributed by atoms with Gasteiger partial charge in [-0.3, -0.25) is 25.1 Å². The third-order valence-electron chi connectivity index (χ3n) is 4.68. The van der Waals surface area contributed by atoms with Crippen molar-refractivity contribution in [2.75, 3.05) is 7.11 Å². The number of thioether (sulfide) groups is 1. The van der Waals surface area contributed by atoms with Crippen molar-refractivity contribution >= 4 is 51.9 Å². The van der Waals surface area contributed by atoms with Gasteiger partial charge in [0.15, 0.2) is 15.8 Å². The zero-order valence-corrected chi connectivity index (χ0v) is 19.7. The van der Waals surface area contributed by atoms with E-state index in [0.29, 0.717) is 16.0 Å². The first-order valence-electron chi connectivity index (χ1n) is 9.96. The number of hydrazine groups is 1. The number of hydrogen-bond acceptors (Lipinski definition) is 9. The molecule has 1 saturated heterocycles. The first-order valence-corrected chi connectivity index (χ1v) is 11.2. The Bertz CT molecular complexity index is 1360. The summed E-state index contributed by atoms with van der Waals surface area (Å²) < 4.78 is 11.1. The Labute approximate surface area is 208 Å². The Morgan fingerprint density at radius 3 is 2.66 bits per heavy atom. The molecule has 1 N–H and O–H groups in total. The topological polar surface area (TPSA) is 124 Å². The molecule has 1 aliphatic rings. The Hall–Kier alpha value is -4.29. The molecule has 0 atom stereocenters. The van der Waals surface area contributed by atoms with Crippen molar-refractivity contribution in [1.29, 1.82) is 0 Å². The molecule has 4 rings (SSSR count).